The summed E-state index contributed by atoms with van der Waals surface area (Å²) in [6, 6.07) is 45.6. The molecule has 0 unspecified atom stereocenters. The maximum absolute atomic E-state index is 6.64. The van der Waals surface area contributed by atoms with E-state index in [2.05, 4.69) is 159 Å². The number of benzene rings is 7. The van der Waals surface area contributed by atoms with Crippen molar-refractivity contribution in [3.63, 3.8) is 0 Å². The molecule has 0 amide bonds. The van der Waals surface area contributed by atoms with Crippen LogP contribution in [-0.2, 0) is 0 Å². The summed E-state index contributed by atoms with van der Waals surface area (Å²) in [4.78, 5) is 4.45. The van der Waals surface area contributed by atoms with Gasteiger partial charge in [0.1, 0.15) is 11.5 Å². The fourth-order valence-corrected chi connectivity index (χ4v) is 8.51. The van der Waals surface area contributed by atoms with Crippen LogP contribution in [0.1, 0.15) is 19.4 Å². The van der Waals surface area contributed by atoms with Crippen LogP contribution < -0.4 is 29.9 Å². The summed E-state index contributed by atoms with van der Waals surface area (Å²) < 4.78 is 13.3. The molecular weight excluding hydrogens is 682 g/mol. The normalized spacial score (nSPS) is 14.4. The summed E-state index contributed by atoms with van der Waals surface area (Å²) in [5, 5.41) is 7.03. The van der Waals surface area contributed by atoms with Crippen molar-refractivity contribution in [3.8, 4) is 22.6 Å². The van der Waals surface area contributed by atoms with Crippen molar-refractivity contribution in [1.82, 2.24) is 0 Å². The zero-order chi connectivity index (χ0) is 38.3. The molecule has 0 saturated carbocycles. The van der Waals surface area contributed by atoms with E-state index in [0.29, 0.717) is 0 Å². The van der Waals surface area contributed by atoms with Crippen molar-refractivity contribution in [1.29, 1.82) is 0 Å². The Morgan fingerprint density at radius 2 is 1.18 bits per heavy atom. The minimum absolute atomic E-state index is 0.265. The van der Waals surface area contributed by atoms with Gasteiger partial charge in [0, 0.05) is 0 Å². The lowest BCUT2D eigenvalue weighted by Gasteiger charge is -2.23. The van der Waals surface area contributed by atoms with Crippen LogP contribution in [0.5, 0.6) is 11.5 Å². The lowest BCUT2D eigenvalue weighted by atomic mass is 9.69. The smallest absolute Gasteiger partial charge is 0.519 e. The van der Waals surface area contributed by atoms with Crippen LogP contribution in [0.15, 0.2) is 182 Å². The first kappa shape index (κ1) is 35.1. The van der Waals surface area contributed by atoms with E-state index in [-0.39, 0.29) is 14.1 Å². The van der Waals surface area contributed by atoms with Gasteiger partial charge in [0.2, 0.25) is 0 Å². The molecule has 7 aromatic rings. The summed E-state index contributed by atoms with van der Waals surface area (Å²) >= 11 is 0. The Morgan fingerprint density at radius 1 is 0.589 bits per heavy atom. The molecule has 2 heterocycles. The Morgan fingerprint density at radius 3 is 1.84 bits per heavy atom. The third kappa shape index (κ3) is 5.90. The van der Waals surface area contributed by atoms with Gasteiger partial charge in [-0.2, -0.15) is 0 Å². The van der Waals surface area contributed by atoms with Crippen molar-refractivity contribution in [2.45, 2.75) is 13.8 Å². The molecule has 7 aromatic carbocycles. The van der Waals surface area contributed by atoms with Gasteiger partial charge in [-0.1, -0.05) is 152 Å². The third-order valence-electron chi connectivity index (χ3n) is 11.2. The predicted molar refractivity (Wildman–Crippen MR) is 242 cm³/mol. The van der Waals surface area contributed by atoms with E-state index in [0.717, 1.165) is 72.1 Å². The number of nitrogens with zero attached hydrogens (tertiary/aromatic N) is 2. The lowest BCUT2D eigenvalue weighted by molar-refractivity contribution is 0.602. The summed E-state index contributed by atoms with van der Waals surface area (Å²) in [5.74, 6) is 1.79. The minimum atomic E-state index is -0.269. The van der Waals surface area contributed by atoms with Crippen LogP contribution in [0.4, 0.5) is 11.4 Å². The SMILES string of the molecule is C=C/C(=C(C)/C=C\C=C/C=C/C)c1c2cc(B3Oc4ccccc4N3C)ccc2c(-c2cccc3ccccc23)c2cc(B3Oc4ccccc4N3C)ccc12. The van der Waals surface area contributed by atoms with E-state index in [4.69, 9.17) is 9.31 Å². The van der Waals surface area contributed by atoms with E-state index in [1.807, 2.05) is 55.5 Å². The predicted octanol–water partition coefficient (Wildman–Crippen LogP) is 10.9. The number of hydrogen-bond acceptors (Lipinski definition) is 4. The minimum Gasteiger partial charge on any atom is -0.536 e. The molecule has 56 heavy (non-hydrogen) atoms. The van der Waals surface area contributed by atoms with E-state index in [1.54, 1.807) is 0 Å². The van der Waals surface area contributed by atoms with E-state index in [1.165, 1.54) is 21.9 Å². The number of rotatable bonds is 8. The van der Waals surface area contributed by atoms with Crippen LogP contribution in [-0.4, -0.2) is 28.2 Å². The highest BCUT2D eigenvalue weighted by Gasteiger charge is 2.38. The average molecular weight is 725 g/mol. The first-order valence-corrected chi connectivity index (χ1v) is 19.2. The molecule has 0 aromatic heterocycles. The van der Waals surface area contributed by atoms with Gasteiger partial charge >= 0.3 is 14.1 Å². The summed E-state index contributed by atoms with van der Waals surface area (Å²) in [7, 11) is 3.68. The first-order chi connectivity index (χ1) is 27.5. The lowest BCUT2D eigenvalue weighted by Crippen LogP contribution is -2.47. The third-order valence-corrected chi connectivity index (χ3v) is 11.2. The van der Waals surface area contributed by atoms with Gasteiger partial charge in [-0.15, -0.1) is 0 Å². The molecule has 0 fully saturated rings. The topological polar surface area (TPSA) is 24.9 Å². The Bertz CT molecular complexity index is 2810. The summed E-state index contributed by atoms with van der Waals surface area (Å²) in [6.07, 6.45) is 14.5. The second kappa shape index (κ2) is 14.5. The monoisotopic (exact) mass is 724 g/mol. The van der Waals surface area contributed by atoms with Crippen molar-refractivity contribution >= 4 is 74.3 Å². The number of allylic oxidation sites excluding steroid dienone is 9. The van der Waals surface area contributed by atoms with Gasteiger partial charge in [0.25, 0.3) is 0 Å². The van der Waals surface area contributed by atoms with Crippen LogP contribution in [0.3, 0.4) is 0 Å². The Hall–Kier alpha value is -6.65. The molecule has 0 radical (unpaired) electrons. The Kier molecular flexibility index (Phi) is 9.11. The highest BCUT2D eigenvalue weighted by Crippen LogP contribution is 2.45. The van der Waals surface area contributed by atoms with Crippen LogP contribution in [0.2, 0.25) is 0 Å². The van der Waals surface area contributed by atoms with Gasteiger partial charge in [-0.3, -0.25) is 0 Å². The van der Waals surface area contributed by atoms with Crippen LogP contribution >= 0.6 is 0 Å². The Balaban J connectivity index is 1.36. The largest absolute Gasteiger partial charge is 0.536 e. The first-order valence-electron chi connectivity index (χ1n) is 19.2. The van der Waals surface area contributed by atoms with E-state index in [9.17, 15) is 0 Å². The fourth-order valence-electron chi connectivity index (χ4n) is 8.51. The molecule has 0 spiro atoms. The van der Waals surface area contributed by atoms with Gasteiger partial charge in [0.15, 0.2) is 0 Å². The van der Waals surface area contributed by atoms with Crippen molar-refractivity contribution in [3.05, 3.63) is 188 Å². The zero-order valence-corrected chi connectivity index (χ0v) is 32.2. The van der Waals surface area contributed by atoms with Crippen molar-refractivity contribution in [2.24, 2.45) is 0 Å². The number of hydrogen-bond donors (Lipinski definition) is 0. The molecular formula is C50H42B2N2O2. The summed E-state index contributed by atoms with van der Waals surface area (Å²) in [6.45, 7) is 8.62. The van der Waals surface area contributed by atoms with Gasteiger partial charge < -0.3 is 18.9 Å². The molecule has 9 rings (SSSR count). The molecule has 6 heteroatoms. The summed E-state index contributed by atoms with van der Waals surface area (Å²) in [5.41, 5.74) is 10.1. The fraction of sp³-hybridized carbons (Fsp3) is 0.0800. The van der Waals surface area contributed by atoms with Gasteiger partial charge in [0.05, 0.1) is 11.4 Å². The molecule has 0 atom stereocenters. The van der Waals surface area contributed by atoms with E-state index < -0.39 is 0 Å². The second-order valence-corrected chi connectivity index (χ2v) is 14.6. The number of fused-ring (bicyclic) bond motifs is 5. The molecule has 2 aliphatic rings. The van der Waals surface area contributed by atoms with Crippen LogP contribution in [0.25, 0.3) is 49.0 Å². The molecule has 0 saturated heterocycles. The van der Waals surface area contributed by atoms with Gasteiger partial charge in [-0.05, 0) is 123 Å². The maximum Gasteiger partial charge on any atom is 0.519 e. The quantitative estimate of drug-likeness (QED) is 0.0885. The second-order valence-electron chi connectivity index (χ2n) is 14.6. The van der Waals surface area contributed by atoms with Crippen LogP contribution in [0, 0.1) is 0 Å². The molecule has 270 valence electrons. The highest BCUT2D eigenvalue weighted by atomic mass is 16.5. The number of para-hydroxylation sites is 4. The molecule has 2 aliphatic heterocycles. The average Bonchev–Trinajstić information content (AvgIpc) is 3.76. The highest BCUT2D eigenvalue weighted by molar-refractivity contribution is 6.74. The molecule has 0 N–H and O–H groups in total. The molecule has 4 nitrogen and oxygen atoms in total. The molecule has 0 bridgehead atoms. The van der Waals surface area contributed by atoms with Gasteiger partial charge in [-0.25, -0.2) is 0 Å². The van der Waals surface area contributed by atoms with E-state index >= 15 is 0 Å². The maximum atomic E-state index is 6.64. The zero-order valence-electron chi connectivity index (χ0n) is 32.2. The van der Waals surface area contributed by atoms with Crippen molar-refractivity contribution in [2.75, 3.05) is 23.7 Å². The number of anilines is 2. The standard InChI is InChI=1S/C50H42B2N2O2/c1-6-8-9-10-11-19-34(3)38(7-2)49-41-30-28-37(52-54(5)46-25-15-17-27-48(46)56-52)33-44(41)50(40-23-18-21-35-20-12-13-22-39(35)40)42-31-29-36(32-43(42)49)51-53(4)45-24-14-16-26-47(45)55-51/h6-33H,2H2,1,3-5H3/b8-6+,10-9-,19-11-,38-34-. The van der Waals surface area contributed by atoms with Crippen molar-refractivity contribution < 1.29 is 9.31 Å². The molecule has 0 aliphatic carbocycles. The Labute approximate surface area is 330 Å².